The molecule has 2 atom stereocenters. The van der Waals surface area contributed by atoms with Gasteiger partial charge in [-0.15, -0.1) is 6.58 Å². The van der Waals surface area contributed by atoms with E-state index in [4.69, 9.17) is 9.47 Å². The Bertz CT molecular complexity index is 284. The van der Waals surface area contributed by atoms with Crippen LogP contribution < -0.4 is 0 Å². The van der Waals surface area contributed by atoms with Crippen LogP contribution in [0.25, 0.3) is 0 Å². The van der Waals surface area contributed by atoms with E-state index in [0.717, 1.165) is 0 Å². The number of ether oxygens (including phenoxy) is 2. The second kappa shape index (κ2) is 4.47. The summed E-state index contributed by atoms with van der Waals surface area (Å²) in [5, 5.41) is 0. The first-order valence-corrected chi connectivity index (χ1v) is 5.06. The van der Waals surface area contributed by atoms with Crippen LogP contribution in [0.3, 0.4) is 0 Å². The molecule has 0 radical (unpaired) electrons. The van der Waals surface area contributed by atoms with Crippen LogP contribution in [0.1, 0.15) is 26.7 Å². The van der Waals surface area contributed by atoms with Gasteiger partial charge in [-0.2, -0.15) is 0 Å². The molecular weight excluding hydrogens is 196 g/mol. The molecule has 1 heterocycles. The number of hydrogen-bond acceptors (Lipinski definition) is 4. The van der Waals surface area contributed by atoms with Crippen molar-refractivity contribution in [1.82, 2.24) is 0 Å². The van der Waals surface area contributed by atoms with Crippen LogP contribution in [0, 0.1) is 5.41 Å². The molecule has 0 unspecified atom stereocenters. The normalized spacial score (nSPS) is 29.7. The fraction of sp³-hybridized carbons (Fsp3) is 0.636. The Hall–Kier alpha value is -1.32. The molecule has 0 aromatic carbocycles. The zero-order valence-electron chi connectivity index (χ0n) is 9.12. The molecule has 4 heteroatoms. The highest BCUT2D eigenvalue weighted by atomic mass is 16.6. The topological polar surface area (TPSA) is 52.6 Å². The molecule has 0 N–H and O–H groups in total. The summed E-state index contributed by atoms with van der Waals surface area (Å²) in [4.78, 5) is 23.4. The summed E-state index contributed by atoms with van der Waals surface area (Å²) in [7, 11) is 0. The number of rotatable bonds is 4. The summed E-state index contributed by atoms with van der Waals surface area (Å²) in [5.74, 6) is -0.993. The van der Waals surface area contributed by atoms with Crippen molar-refractivity contribution in [3.63, 3.8) is 0 Å². The number of esters is 2. The van der Waals surface area contributed by atoms with Crippen molar-refractivity contribution in [2.75, 3.05) is 6.61 Å². The molecule has 15 heavy (non-hydrogen) atoms. The smallest absolute Gasteiger partial charge is 0.324 e. The van der Waals surface area contributed by atoms with E-state index in [9.17, 15) is 9.59 Å². The molecule has 1 aliphatic rings. The number of hydrogen-bond donors (Lipinski definition) is 0. The van der Waals surface area contributed by atoms with E-state index < -0.39 is 17.4 Å². The Morgan fingerprint density at radius 2 is 2.47 bits per heavy atom. The first-order valence-electron chi connectivity index (χ1n) is 5.06. The second-order valence-corrected chi connectivity index (χ2v) is 3.72. The Labute approximate surface area is 89.2 Å². The average molecular weight is 212 g/mol. The summed E-state index contributed by atoms with van der Waals surface area (Å²) in [6.45, 7) is 7.30. The SMILES string of the molecule is C=CC[C@@]1(C(=O)OCC)C[C@@H](C)OC1=O. The monoisotopic (exact) mass is 212 g/mol. The van der Waals surface area contributed by atoms with Crippen LogP contribution in [-0.2, 0) is 19.1 Å². The van der Waals surface area contributed by atoms with Gasteiger partial charge in [-0.3, -0.25) is 9.59 Å². The van der Waals surface area contributed by atoms with E-state index in [0.29, 0.717) is 6.42 Å². The Morgan fingerprint density at radius 1 is 1.80 bits per heavy atom. The third-order valence-corrected chi connectivity index (χ3v) is 2.49. The first kappa shape index (κ1) is 11.8. The minimum absolute atomic E-state index is 0.234. The lowest BCUT2D eigenvalue weighted by molar-refractivity contribution is -0.164. The fourth-order valence-corrected chi connectivity index (χ4v) is 1.84. The number of allylic oxidation sites excluding steroid dienone is 1. The van der Waals surface area contributed by atoms with E-state index in [-0.39, 0.29) is 19.1 Å². The van der Waals surface area contributed by atoms with Gasteiger partial charge in [-0.1, -0.05) is 6.08 Å². The third-order valence-electron chi connectivity index (χ3n) is 2.49. The molecule has 0 saturated carbocycles. The largest absolute Gasteiger partial charge is 0.465 e. The summed E-state index contributed by atoms with van der Waals surface area (Å²) in [5.41, 5.74) is -1.16. The Morgan fingerprint density at radius 3 is 2.87 bits per heavy atom. The predicted octanol–water partition coefficient (Wildman–Crippen LogP) is 1.45. The van der Waals surface area contributed by atoms with Crippen molar-refractivity contribution in [3.05, 3.63) is 12.7 Å². The van der Waals surface area contributed by atoms with Crippen LogP contribution in [0.15, 0.2) is 12.7 Å². The molecule has 84 valence electrons. The maximum atomic E-state index is 11.7. The van der Waals surface area contributed by atoms with Crippen LogP contribution in [0.2, 0.25) is 0 Å². The van der Waals surface area contributed by atoms with Crippen LogP contribution in [-0.4, -0.2) is 24.6 Å². The Kier molecular flexibility index (Phi) is 3.50. The first-order chi connectivity index (χ1) is 7.06. The number of carbonyl (C=O) groups excluding carboxylic acids is 2. The molecule has 0 aromatic rings. The molecule has 1 fully saturated rings. The lowest BCUT2D eigenvalue weighted by Crippen LogP contribution is -2.37. The summed E-state index contributed by atoms with van der Waals surface area (Å²) >= 11 is 0. The van der Waals surface area contributed by atoms with Crippen molar-refractivity contribution in [3.8, 4) is 0 Å². The summed E-state index contributed by atoms with van der Waals surface area (Å²) < 4.78 is 9.92. The molecule has 0 spiro atoms. The number of carbonyl (C=O) groups is 2. The van der Waals surface area contributed by atoms with Crippen molar-refractivity contribution < 1.29 is 19.1 Å². The fourth-order valence-electron chi connectivity index (χ4n) is 1.84. The molecular formula is C11H16O4. The van der Waals surface area contributed by atoms with Crippen LogP contribution >= 0.6 is 0 Å². The maximum absolute atomic E-state index is 11.7. The van der Waals surface area contributed by atoms with Gasteiger partial charge in [0, 0.05) is 6.42 Å². The minimum Gasteiger partial charge on any atom is -0.465 e. The zero-order valence-corrected chi connectivity index (χ0v) is 9.12. The van der Waals surface area contributed by atoms with Gasteiger partial charge in [-0.25, -0.2) is 0 Å². The van der Waals surface area contributed by atoms with E-state index >= 15 is 0 Å². The minimum atomic E-state index is -1.16. The van der Waals surface area contributed by atoms with Gasteiger partial charge in [0.1, 0.15) is 6.10 Å². The van der Waals surface area contributed by atoms with Gasteiger partial charge in [0.15, 0.2) is 5.41 Å². The van der Waals surface area contributed by atoms with E-state index in [1.165, 1.54) is 0 Å². The van der Waals surface area contributed by atoms with Crippen molar-refractivity contribution in [1.29, 1.82) is 0 Å². The van der Waals surface area contributed by atoms with Gasteiger partial charge in [0.2, 0.25) is 0 Å². The van der Waals surface area contributed by atoms with E-state index in [2.05, 4.69) is 6.58 Å². The highest BCUT2D eigenvalue weighted by Gasteiger charge is 2.54. The van der Waals surface area contributed by atoms with E-state index in [1.807, 2.05) is 0 Å². The van der Waals surface area contributed by atoms with Gasteiger partial charge < -0.3 is 9.47 Å². The van der Waals surface area contributed by atoms with Crippen molar-refractivity contribution in [2.45, 2.75) is 32.8 Å². The van der Waals surface area contributed by atoms with Crippen LogP contribution in [0.4, 0.5) is 0 Å². The molecule has 1 rings (SSSR count). The highest BCUT2D eigenvalue weighted by Crippen LogP contribution is 2.38. The summed E-state index contributed by atoms with van der Waals surface area (Å²) in [6, 6.07) is 0. The molecule has 1 aliphatic heterocycles. The van der Waals surface area contributed by atoms with E-state index in [1.54, 1.807) is 19.9 Å². The highest BCUT2D eigenvalue weighted by molar-refractivity contribution is 6.01. The molecule has 0 aromatic heterocycles. The molecule has 0 aliphatic carbocycles. The van der Waals surface area contributed by atoms with Crippen molar-refractivity contribution in [2.24, 2.45) is 5.41 Å². The molecule has 1 saturated heterocycles. The van der Waals surface area contributed by atoms with Crippen molar-refractivity contribution >= 4 is 11.9 Å². The van der Waals surface area contributed by atoms with Gasteiger partial charge in [-0.05, 0) is 20.3 Å². The average Bonchev–Trinajstić information content (AvgIpc) is 2.43. The third kappa shape index (κ3) is 2.03. The van der Waals surface area contributed by atoms with Gasteiger partial charge in [0.05, 0.1) is 6.61 Å². The lowest BCUT2D eigenvalue weighted by Gasteiger charge is -2.20. The second-order valence-electron chi connectivity index (χ2n) is 3.72. The quantitative estimate of drug-likeness (QED) is 0.402. The Balaban J connectivity index is 2.92. The lowest BCUT2D eigenvalue weighted by atomic mass is 9.81. The number of cyclic esters (lactones) is 1. The van der Waals surface area contributed by atoms with Crippen LogP contribution in [0.5, 0.6) is 0 Å². The molecule has 4 nitrogen and oxygen atoms in total. The predicted molar refractivity (Wildman–Crippen MR) is 54.1 cm³/mol. The maximum Gasteiger partial charge on any atom is 0.324 e. The summed E-state index contributed by atoms with van der Waals surface area (Å²) in [6.07, 6.45) is 1.96. The molecule has 0 amide bonds. The van der Waals surface area contributed by atoms with Gasteiger partial charge >= 0.3 is 11.9 Å². The standard InChI is InChI=1S/C11H16O4/c1-4-6-11(9(12)14-5-2)7-8(3)15-10(11)13/h4,8H,1,5-7H2,2-3H3/t8-,11+/m1/s1. The molecule has 0 bridgehead atoms. The zero-order chi connectivity index (χ0) is 11.5. The van der Waals surface area contributed by atoms with Gasteiger partial charge in [0.25, 0.3) is 0 Å².